The average molecular weight is 334 g/mol. The van der Waals surface area contributed by atoms with Crippen LogP contribution < -0.4 is 11.1 Å². The van der Waals surface area contributed by atoms with Gasteiger partial charge >= 0.3 is 5.97 Å². The minimum Gasteiger partial charge on any atom is -0.480 e. The van der Waals surface area contributed by atoms with Gasteiger partial charge in [0.2, 0.25) is 11.0 Å². The molecule has 1 aliphatic heterocycles. The number of aliphatic hydroxyl groups excluding tert-OH is 2. The smallest absolute Gasteiger partial charge is 0.321 e. The number of carbonyl (C=O) groups is 3. The standard InChI is InChI=1S/C13H22N2O6S/c1-5(2)8(16)13(9(17)6(3)10(18)15-13)12(21)22-4-7(14)11(19)20/h5-9,16-17H,4,14H2,1-3H3,(H,15,18)(H,19,20)/t6?,7?,8?,9?,13-/m1/s1. The minimum absolute atomic E-state index is 0.225. The Morgan fingerprint density at radius 1 is 1.45 bits per heavy atom. The van der Waals surface area contributed by atoms with E-state index in [4.69, 9.17) is 10.8 Å². The number of thioether (sulfide) groups is 1. The molecule has 126 valence electrons. The van der Waals surface area contributed by atoms with Crippen LogP contribution in [0.2, 0.25) is 0 Å². The molecule has 6 N–H and O–H groups in total. The molecule has 4 unspecified atom stereocenters. The molecule has 1 amide bonds. The SMILES string of the molecule is CC(C)C(O)[C@@]1(C(=O)SCC(N)C(=O)O)NC(=O)C(C)C1O. The number of hydrogen-bond acceptors (Lipinski definition) is 7. The van der Waals surface area contributed by atoms with Crippen molar-refractivity contribution < 1.29 is 29.7 Å². The van der Waals surface area contributed by atoms with Gasteiger partial charge in [-0.25, -0.2) is 0 Å². The van der Waals surface area contributed by atoms with Crippen LogP contribution in [-0.2, 0) is 14.4 Å². The lowest BCUT2D eigenvalue weighted by molar-refractivity contribution is -0.137. The quantitative estimate of drug-likeness (QED) is 0.395. The van der Waals surface area contributed by atoms with Gasteiger partial charge in [0.15, 0.2) is 5.54 Å². The van der Waals surface area contributed by atoms with Crippen LogP contribution in [0.4, 0.5) is 0 Å². The Bertz CT molecular complexity index is 471. The maximum atomic E-state index is 12.5. The topological polar surface area (TPSA) is 150 Å². The number of carboxylic acids is 1. The zero-order chi connectivity index (χ0) is 17.2. The molecule has 1 fully saturated rings. The van der Waals surface area contributed by atoms with Gasteiger partial charge in [-0.15, -0.1) is 0 Å². The lowest BCUT2D eigenvalue weighted by Crippen LogP contribution is -2.64. The molecule has 0 aromatic carbocycles. The second-order valence-corrected chi connectivity index (χ2v) is 6.82. The number of carbonyl (C=O) groups excluding carboxylic acids is 2. The van der Waals surface area contributed by atoms with Crippen molar-refractivity contribution in [3.05, 3.63) is 0 Å². The van der Waals surface area contributed by atoms with Crippen molar-refractivity contribution in [1.29, 1.82) is 0 Å². The Balaban J connectivity index is 3.04. The van der Waals surface area contributed by atoms with E-state index in [1.54, 1.807) is 13.8 Å². The largest absolute Gasteiger partial charge is 0.480 e. The molecule has 9 heteroatoms. The van der Waals surface area contributed by atoms with Gasteiger partial charge in [-0.3, -0.25) is 14.4 Å². The molecule has 0 spiro atoms. The van der Waals surface area contributed by atoms with Crippen LogP contribution in [-0.4, -0.2) is 61.9 Å². The molecule has 22 heavy (non-hydrogen) atoms. The summed E-state index contributed by atoms with van der Waals surface area (Å²) in [6.45, 7) is 4.75. The van der Waals surface area contributed by atoms with Gasteiger partial charge in [0.25, 0.3) is 0 Å². The van der Waals surface area contributed by atoms with E-state index in [9.17, 15) is 24.6 Å². The summed E-state index contributed by atoms with van der Waals surface area (Å²) >= 11 is 0.583. The normalized spacial score (nSPS) is 31.0. The van der Waals surface area contributed by atoms with Gasteiger partial charge in [0.1, 0.15) is 6.04 Å². The van der Waals surface area contributed by atoms with E-state index in [0.717, 1.165) is 0 Å². The molecule has 5 atom stereocenters. The maximum absolute atomic E-state index is 12.5. The summed E-state index contributed by atoms with van der Waals surface area (Å²) in [6, 6.07) is -1.26. The zero-order valence-corrected chi connectivity index (χ0v) is 13.5. The highest BCUT2D eigenvalue weighted by Gasteiger charge is 2.60. The van der Waals surface area contributed by atoms with E-state index in [1.807, 2.05) is 0 Å². The molecule has 0 radical (unpaired) electrons. The number of rotatable bonds is 6. The van der Waals surface area contributed by atoms with E-state index in [0.29, 0.717) is 11.8 Å². The number of hydrogen-bond donors (Lipinski definition) is 5. The van der Waals surface area contributed by atoms with E-state index in [2.05, 4.69) is 5.32 Å². The van der Waals surface area contributed by atoms with Crippen LogP contribution >= 0.6 is 11.8 Å². The van der Waals surface area contributed by atoms with Gasteiger partial charge in [0.05, 0.1) is 18.1 Å². The fraction of sp³-hybridized carbons (Fsp3) is 0.769. The summed E-state index contributed by atoms with van der Waals surface area (Å²) in [5.74, 6) is -3.28. The van der Waals surface area contributed by atoms with Crippen molar-refractivity contribution in [2.45, 2.75) is 44.6 Å². The summed E-state index contributed by atoms with van der Waals surface area (Å²) in [7, 11) is 0. The van der Waals surface area contributed by atoms with Crippen molar-refractivity contribution in [2.75, 3.05) is 5.75 Å². The molecule has 1 heterocycles. The van der Waals surface area contributed by atoms with Crippen LogP contribution in [0.1, 0.15) is 20.8 Å². The Labute approximate surface area is 132 Å². The number of aliphatic carboxylic acids is 1. The third-order valence-corrected chi connectivity index (χ3v) is 4.96. The molecule has 0 aromatic rings. The third-order valence-electron chi connectivity index (χ3n) is 3.83. The molecule has 1 rings (SSSR count). The van der Waals surface area contributed by atoms with Crippen molar-refractivity contribution in [3.63, 3.8) is 0 Å². The molecule has 1 saturated heterocycles. The van der Waals surface area contributed by atoms with Crippen molar-refractivity contribution >= 4 is 28.8 Å². The van der Waals surface area contributed by atoms with Crippen molar-refractivity contribution in [3.8, 4) is 0 Å². The molecule has 0 saturated carbocycles. The molecule has 0 bridgehead atoms. The lowest BCUT2D eigenvalue weighted by Gasteiger charge is -2.37. The summed E-state index contributed by atoms with van der Waals surface area (Å²) in [5, 5.41) is 31.1. The first-order chi connectivity index (χ1) is 10.1. The fourth-order valence-corrected chi connectivity index (χ4v) is 3.36. The van der Waals surface area contributed by atoms with Gasteiger partial charge < -0.3 is 26.4 Å². The monoisotopic (exact) mass is 334 g/mol. The zero-order valence-electron chi connectivity index (χ0n) is 12.6. The number of aliphatic hydroxyl groups is 2. The average Bonchev–Trinajstić information content (AvgIpc) is 2.68. The molecule has 0 aliphatic carbocycles. The van der Waals surface area contributed by atoms with Crippen LogP contribution in [0.5, 0.6) is 0 Å². The first-order valence-corrected chi connectivity index (χ1v) is 7.88. The molecule has 0 aromatic heterocycles. The molecule has 8 nitrogen and oxygen atoms in total. The Kier molecular flexibility index (Phi) is 5.96. The first-order valence-electron chi connectivity index (χ1n) is 6.89. The highest BCUT2D eigenvalue weighted by Crippen LogP contribution is 2.36. The second kappa shape index (κ2) is 6.95. The lowest BCUT2D eigenvalue weighted by atomic mass is 9.81. The van der Waals surface area contributed by atoms with Crippen molar-refractivity contribution in [2.24, 2.45) is 17.6 Å². The van der Waals surface area contributed by atoms with Gasteiger partial charge in [-0.2, -0.15) is 0 Å². The molecular formula is C13H22N2O6S. The maximum Gasteiger partial charge on any atom is 0.321 e. The first kappa shape index (κ1) is 18.9. The summed E-state index contributed by atoms with van der Waals surface area (Å²) in [4.78, 5) is 35.0. The predicted octanol–water partition coefficient (Wildman–Crippen LogP) is -1.46. The third kappa shape index (κ3) is 3.27. The van der Waals surface area contributed by atoms with E-state index in [1.165, 1.54) is 6.92 Å². The number of nitrogens with one attached hydrogen (secondary N) is 1. The van der Waals surface area contributed by atoms with E-state index < -0.39 is 52.6 Å². The fourth-order valence-electron chi connectivity index (χ4n) is 2.35. The summed E-state index contributed by atoms with van der Waals surface area (Å²) in [5.41, 5.74) is 3.49. The van der Waals surface area contributed by atoms with Gasteiger partial charge in [-0.1, -0.05) is 32.5 Å². The van der Waals surface area contributed by atoms with Crippen LogP contribution in [0.15, 0.2) is 0 Å². The molecular weight excluding hydrogens is 312 g/mol. The van der Waals surface area contributed by atoms with Crippen LogP contribution in [0, 0.1) is 11.8 Å². The number of nitrogens with two attached hydrogens (primary N) is 1. The second-order valence-electron chi connectivity index (χ2n) is 5.82. The Hall–Kier alpha value is -1.16. The van der Waals surface area contributed by atoms with E-state index >= 15 is 0 Å². The number of amides is 1. The van der Waals surface area contributed by atoms with E-state index in [-0.39, 0.29) is 5.75 Å². The Morgan fingerprint density at radius 3 is 2.36 bits per heavy atom. The van der Waals surface area contributed by atoms with Gasteiger partial charge in [0, 0.05) is 5.75 Å². The highest BCUT2D eigenvalue weighted by molar-refractivity contribution is 8.13. The minimum atomic E-state index is -1.85. The predicted molar refractivity (Wildman–Crippen MR) is 80.0 cm³/mol. The summed E-state index contributed by atoms with van der Waals surface area (Å²) < 4.78 is 0. The van der Waals surface area contributed by atoms with Gasteiger partial charge in [-0.05, 0) is 5.92 Å². The van der Waals surface area contributed by atoms with Crippen LogP contribution in [0.3, 0.4) is 0 Å². The highest BCUT2D eigenvalue weighted by atomic mass is 32.2. The number of carboxylic acid groups (broad SMARTS) is 1. The van der Waals surface area contributed by atoms with Crippen LogP contribution in [0.25, 0.3) is 0 Å². The molecule has 1 aliphatic rings. The summed E-state index contributed by atoms with van der Waals surface area (Å²) in [6.07, 6.45) is -2.71. The van der Waals surface area contributed by atoms with Crippen molar-refractivity contribution in [1.82, 2.24) is 5.32 Å². The Morgan fingerprint density at radius 2 is 2.00 bits per heavy atom.